The molecule has 1 amide bonds. The number of alkyl halides is 3. The van der Waals surface area contributed by atoms with Crippen LogP contribution >= 0.6 is 0 Å². The van der Waals surface area contributed by atoms with E-state index in [9.17, 15) is 18.0 Å². The lowest BCUT2D eigenvalue weighted by atomic mass is 9.95. The number of halogens is 3. The average molecular weight is 444 g/mol. The third kappa shape index (κ3) is 4.76. The lowest BCUT2D eigenvalue weighted by molar-refractivity contribution is -0.137. The molecule has 1 saturated heterocycles. The van der Waals surface area contributed by atoms with Crippen LogP contribution in [0.4, 0.5) is 24.7 Å². The van der Waals surface area contributed by atoms with E-state index in [1.54, 1.807) is 0 Å². The van der Waals surface area contributed by atoms with Crippen molar-refractivity contribution in [2.45, 2.75) is 25.9 Å². The molecule has 0 bridgehead atoms. The maximum atomic E-state index is 12.9. The lowest BCUT2D eigenvalue weighted by Crippen LogP contribution is -2.39. The van der Waals surface area contributed by atoms with Crippen LogP contribution in [-0.2, 0) is 11.0 Å². The Bertz CT molecular complexity index is 1110. The fourth-order valence-electron chi connectivity index (χ4n) is 3.79. The van der Waals surface area contributed by atoms with Crippen molar-refractivity contribution in [2.75, 3.05) is 29.9 Å². The average Bonchev–Trinajstić information content (AvgIpc) is 2.78. The Kier molecular flexibility index (Phi) is 6.16. The first-order chi connectivity index (χ1) is 15.3. The molecule has 0 atom stereocenters. The van der Waals surface area contributed by atoms with Gasteiger partial charge >= 0.3 is 6.18 Å². The summed E-state index contributed by atoms with van der Waals surface area (Å²) in [6, 6.07) is 12.2. The number of nitrogens with zero attached hydrogens (tertiary/aromatic N) is 3. The van der Waals surface area contributed by atoms with Crippen molar-refractivity contribution in [3.05, 3.63) is 54.1 Å². The molecule has 0 saturated carbocycles. The molecule has 32 heavy (non-hydrogen) atoms. The zero-order valence-electron chi connectivity index (χ0n) is 17.5. The predicted molar refractivity (Wildman–Crippen MR) is 116 cm³/mol. The molecule has 3 aromatic rings. The normalized spacial score (nSPS) is 15.1. The summed E-state index contributed by atoms with van der Waals surface area (Å²) < 4.78 is 44.4. The summed E-state index contributed by atoms with van der Waals surface area (Å²) in [4.78, 5) is 24.0. The summed E-state index contributed by atoms with van der Waals surface area (Å²) in [5.41, 5.74) is 0.861. The first-order valence-electron chi connectivity index (χ1n) is 10.5. The number of hydrogen-bond donors (Lipinski definition) is 1. The molecule has 0 radical (unpaired) electrons. The summed E-state index contributed by atoms with van der Waals surface area (Å²) in [6.07, 6.45) is -3.36. The largest absolute Gasteiger partial charge is 0.475 e. The number of carbonyl (C=O) groups is 1. The number of para-hydroxylation sites is 2. The third-order valence-electron chi connectivity index (χ3n) is 5.43. The van der Waals surface area contributed by atoms with E-state index in [4.69, 9.17) is 9.72 Å². The SMILES string of the molecule is CCOc1nc2ccccc2nc1N1CCC(C(=O)Nc2cccc(C(F)(F)F)c2)CC1. The minimum absolute atomic E-state index is 0.145. The highest BCUT2D eigenvalue weighted by atomic mass is 19.4. The smallest absolute Gasteiger partial charge is 0.416 e. The van der Waals surface area contributed by atoms with Crippen LogP contribution in [0.25, 0.3) is 11.0 Å². The predicted octanol–water partition coefficient (Wildman–Crippen LogP) is 4.90. The van der Waals surface area contributed by atoms with E-state index in [1.165, 1.54) is 12.1 Å². The Morgan fingerprint density at radius 1 is 1.09 bits per heavy atom. The number of ether oxygens (including phenoxy) is 1. The second-order valence-corrected chi connectivity index (χ2v) is 7.60. The number of benzene rings is 2. The van der Waals surface area contributed by atoms with Gasteiger partial charge in [-0.1, -0.05) is 18.2 Å². The second kappa shape index (κ2) is 9.02. The molecule has 168 valence electrons. The number of anilines is 2. The van der Waals surface area contributed by atoms with Gasteiger partial charge in [-0.2, -0.15) is 13.2 Å². The highest BCUT2D eigenvalue weighted by Gasteiger charge is 2.31. The van der Waals surface area contributed by atoms with Crippen LogP contribution in [0.2, 0.25) is 0 Å². The number of amides is 1. The highest BCUT2D eigenvalue weighted by Crippen LogP contribution is 2.32. The van der Waals surface area contributed by atoms with Gasteiger partial charge in [-0.3, -0.25) is 4.79 Å². The van der Waals surface area contributed by atoms with Gasteiger partial charge in [0.05, 0.1) is 23.2 Å². The van der Waals surface area contributed by atoms with Crippen LogP contribution in [0, 0.1) is 5.92 Å². The van der Waals surface area contributed by atoms with Crippen molar-refractivity contribution >= 4 is 28.4 Å². The quantitative estimate of drug-likeness (QED) is 0.606. The fraction of sp³-hybridized carbons (Fsp3) is 0.348. The number of rotatable bonds is 5. The van der Waals surface area contributed by atoms with Crippen molar-refractivity contribution in [2.24, 2.45) is 5.92 Å². The van der Waals surface area contributed by atoms with E-state index >= 15 is 0 Å². The molecule has 0 spiro atoms. The topological polar surface area (TPSA) is 67.4 Å². The van der Waals surface area contributed by atoms with E-state index in [0.717, 1.165) is 23.2 Å². The van der Waals surface area contributed by atoms with Gasteiger partial charge in [0.15, 0.2) is 5.82 Å². The maximum absolute atomic E-state index is 12.9. The Hall–Kier alpha value is -3.36. The van der Waals surface area contributed by atoms with E-state index in [-0.39, 0.29) is 17.5 Å². The first kappa shape index (κ1) is 21.9. The number of nitrogens with one attached hydrogen (secondary N) is 1. The van der Waals surface area contributed by atoms with Crippen LogP contribution in [0.3, 0.4) is 0 Å². The Morgan fingerprint density at radius 2 is 1.78 bits per heavy atom. The summed E-state index contributed by atoms with van der Waals surface area (Å²) in [5, 5.41) is 2.62. The molecule has 1 aromatic heterocycles. The standard InChI is InChI=1S/C23H23F3N4O2/c1-2-32-22-20(28-18-8-3-4-9-19(18)29-22)30-12-10-15(11-13-30)21(31)27-17-7-5-6-16(14-17)23(24,25)26/h3-9,14-15H,2,10-13H2,1H3,(H,27,31). The third-order valence-corrected chi connectivity index (χ3v) is 5.43. The van der Waals surface area contributed by atoms with Crippen molar-refractivity contribution in [3.63, 3.8) is 0 Å². The number of hydrogen-bond acceptors (Lipinski definition) is 5. The maximum Gasteiger partial charge on any atom is 0.416 e. The number of piperidine rings is 1. The van der Waals surface area contributed by atoms with Gasteiger partial charge in [0.25, 0.3) is 5.88 Å². The molecule has 1 N–H and O–H groups in total. The minimum atomic E-state index is -4.45. The summed E-state index contributed by atoms with van der Waals surface area (Å²) in [5.74, 6) is 0.517. The first-order valence-corrected chi connectivity index (χ1v) is 10.5. The molecule has 0 unspecified atom stereocenters. The van der Waals surface area contributed by atoms with Crippen molar-refractivity contribution < 1.29 is 22.7 Å². The molecule has 0 aliphatic carbocycles. The van der Waals surface area contributed by atoms with Gasteiger partial charge in [-0.05, 0) is 50.1 Å². The van der Waals surface area contributed by atoms with Gasteiger partial charge in [0, 0.05) is 24.7 Å². The van der Waals surface area contributed by atoms with Crippen LogP contribution in [-0.4, -0.2) is 35.6 Å². The number of aromatic nitrogens is 2. The summed E-state index contributed by atoms with van der Waals surface area (Å²) in [7, 11) is 0. The van der Waals surface area contributed by atoms with Gasteiger partial charge in [0.2, 0.25) is 5.91 Å². The van der Waals surface area contributed by atoms with Crippen LogP contribution in [0.5, 0.6) is 5.88 Å². The van der Waals surface area contributed by atoms with Crippen LogP contribution in [0.1, 0.15) is 25.3 Å². The van der Waals surface area contributed by atoms with Gasteiger partial charge < -0.3 is 15.0 Å². The van der Waals surface area contributed by atoms with E-state index in [0.29, 0.717) is 44.2 Å². The number of fused-ring (bicyclic) bond motifs is 1. The van der Waals surface area contributed by atoms with E-state index in [1.807, 2.05) is 36.1 Å². The fourth-order valence-corrected chi connectivity index (χ4v) is 3.79. The molecular formula is C23H23F3N4O2. The zero-order chi connectivity index (χ0) is 22.7. The van der Waals surface area contributed by atoms with Crippen molar-refractivity contribution in [3.8, 4) is 5.88 Å². The molecule has 6 nitrogen and oxygen atoms in total. The molecule has 1 aliphatic heterocycles. The molecule has 1 aliphatic rings. The van der Waals surface area contributed by atoms with Crippen molar-refractivity contribution in [1.29, 1.82) is 0 Å². The lowest BCUT2D eigenvalue weighted by Gasteiger charge is -2.32. The molecule has 2 heterocycles. The molecule has 1 fully saturated rings. The van der Waals surface area contributed by atoms with Crippen molar-refractivity contribution in [1.82, 2.24) is 9.97 Å². The van der Waals surface area contributed by atoms with E-state index in [2.05, 4.69) is 10.3 Å². The zero-order valence-corrected chi connectivity index (χ0v) is 17.5. The molecule has 2 aromatic carbocycles. The molecular weight excluding hydrogens is 421 g/mol. The molecule has 4 rings (SSSR count). The minimum Gasteiger partial charge on any atom is -0.475 e. The van der Waals surface area contributed by atoms with Gasteiger partial charge in [-0.25, -0.2) is 9.97 Å². The van der Waals surface area contributed by atoms with Crippen LogP contribution < -0.4 is 15.0 Å². The van der Waals surface area contributed by atoms with E-state index < -0.39 is 11.7 Å². The highest BCUT2D eigenvalue weighted by molar-refractivity contribution is 5.92. The van der Waals surface area contributed by atoms with Crippen LogP contribution in [0.15, 0.2) is 48.5 Å². The monoisotopic (exact) mass is 444 g/mol. The summed E-state index contributed by atoms with van der Waals surface area (Å²) in [6.45, 7) is 3.46. The summed E-state index contributed by atoms with van der Waals surface area (Å²) >= 11 is 0. The molecule has 9 heteroatoms. The Morgan fingerprint density at radius 3 is 2.44 bits per heavy atom. The Balaban J connectivity index is 1.44. The van der Waals surface area contributed by atoms with Gasteiger partial charge in [0.1, 0.15) is 0 Å². The van der Waals surface area contributed by atoms with Gasteiger partial charge in [-0.15, -0.1) is 0 Å². The number of carbonyl (C=O) groups excluding carboxylic acids is 1. The second-order valence-electron chi connectivity index (χ2n) is 7.60. The Labute approximate surface area is 183 Å².